The molecule has 0 aliphatic rings. The molecule has 1 aromatic carbocycles. The summed E-state index contributed by atoms with van der Waals surface area (Å²) in [7, 11) is 0. The summed E-state index contributed by atoms with van der Waals surface area (Å²) in [6, 6.07) is 8.57. The van der Waals surface area contributed by atoms with Gasteiger partial charge in [-0.25, -0.2) is 0 Å². The molecule has 1 aromatic heterocycles. The first kappa shape index (κ1) is 11.9. The Morgan fingerprint density at radius 1 is 1.56 bits per heavy atom. The van der Waals surface area contributed by atoms with Crippen molar-refractivity contribution in [3.05, 3.63) is 47.8 Å². The molecule has 0 spiro atoms. The number of anilines is 1. The molecule has 0 saturated carbocycles. The Bertz CT molecular complexity index is 609. The van der Waals surface area contributed by atoms with E-state index in [0.717, 1.165) is 6.54 Å². The average molecular weight is 240 g/mol. The number of hydrogen-bond donors (Lipinski definition) is 1. The van der Waals surface area contributed by atoms with Crippen molar-refractivity contribution in [3.63, 3.8) is 0 Å². The molecule has 18 heavy (non-hydrogen) atoms. The second-order valence-electron chi connectivity index (χ2n) is 3.73. The number of carbonyl (C=O) groups excluding carboxylic acids is 1. The number of nitriles is 1. The summed E-state index contributed by atoms with van der Waals surface area (Å²) in [4.78, 5) is 11.9. The van der Waals surface area contributed by atoms with Gasteiger partial charge >= 0.3 is 0 Å². The highest BCUT2D eigenvalue weighted by atomic mass is 16.1. The summed E-state index contributed by atoms with van der Waals surface area (Å²) in [5, 5.41) is 15.6. The van der Waals surface area contributed by atoms with Crippen LogP contribution in [0.15, 0.2) is 36.7 Å². The molecule has 1 amide bonds. The monoisotopic (exact) mass is 240 g/mol. The highest BCUT2D eigenvalue weighted by molar-refractivity contribution is 6.04. The Kier molecular flexibility index (Phi) is 3.39. The van der Waals surface area contributed by atoms with E-state index in [1.54, 1.807) is 41.3 Å². The third-order valence-electron chi connectivity index (χ3n) is 2.47. The van der Waals surface area contributed by atoms with Gasteiger partial charge in [-0.2, -0.15) is 10.4 Å². The lowest BCUT2D eigenvalue weighted by molar-refractivity contribution is 0.102. The van der Waals surface area contributed by atoms with E-state index in [4.69, 9.17) is 5.26 Å². The zero-order valence-corrected chi connectivity index (χ0v) is 9.92. The molecule has 0 aliphatic carbocycles. The van der Waals surface area contributed by atoms with Crippen molar-refractivity contribution in [1.29, 1.82) is 5.26 Å². The number of aromatic nitrogens is 2. The lowest BCUT2D eigenvalue weighted by Crippen LogP contribution is -2.11. The topological polar surface area (TPSA) is 70.7 Å². The first-order chi connectivity index (χ1) is 8.72. The molecule has 0 unspecified atom stereocenters. The predicted octanol–water partition coefficient (Wildman–Crippen LogP) is 2.03. The zero-order chi connectivity index (χ0) is 13.0. The minimum atomic E-state index is -0.247. The van der Waals surface area contributed by atoms with Gasteiger partial charge in [0.25, 0.3) is 5.91 Å². The fourth-order valence-electron chi connectivity index (χ4n) is 1.53. The van der Waals surface area contributed by atoms with Crippen LogP contribution >= 0.6 is 0 Å². The maximum absolute atomic E-state index is 11.9. The van der Waals surface area contributed by atoms with Crippen LogP contribution in [0.1, 0.15) is 22.8 Å². The van der Waals surface area contributed by atoms with Crippen LogP contribution in [0.2, 0.25) is 0 Å². The lowest BCUT2D eigenvalue weighted by Gasteiger charge is -2.02. The zero-order valence-electron chi connectivity index (χ0n) is 9.92. The molecular weight excluding hydrogens is 228 g/mol. The number of nitrogens with one attached hydrogen (secondary N) is 1. The summed E-state index contributed by atoms with van der Waals surface area (Å²) >= 11 is 0. The minimum absolute atomic E-state index is 0.247. The van der Waals surface area contributed by atoms with Gasteiger partial charge in [-0.05, 0) is 25.1 Å². The molecule has 2 aromatic rings. The van der Waals surface area contributed by atoms with Crippen molar-refractivity contribution in [2.75, 3.05) is 5.32 Å². The van der Waals surface area contributed by atoms with Crippen molar-refractivity contribution in [2.45, 2.75) is 13.5 Å². The Hall–Kier alpha value is -2.61. The fourth-order valence-corrected chi connectivity index (χ4v) is 1.53. The van der Waals surface area contributed by atoms with Gasteiger partial charge in [-0.15, -0.1) is 0 Å². The SMILES string of the molecule is CCn1cc(NC(=O)c2cccc(C#N)c2)cn1. The fraction of sp³-hybridized carbons (Fsp3) is 0.154. The van der Waals surface area contributed by atoms with Crippen molar-refractivity contribution in [2.24, 2.45) is 0 Å². The predicted molar refractivity (Wildman–Crippen MR) is 67.0 cm³/mol. The van der Waals surface area contributed by atoms with Crippen LogP contribution in [0.4, 0.5) is 5.69 Å². The van der Waals surface area contributed by atoms with Crippen molar-refractivity contribution >= 4 is 11.6 Å². The van der Waals surface area contributed by atoms with Crippen LogP contribution in [0, 0.1) is 11.3 Å². The summed E-state index contributed by atoms with van der Waals surface area (Å²) in [5.41, 5.74) is 1.56. The maximum atomic E-state index is 11.9. The highest BCUT2D eigenvalue weighted by Gasteiger charge is 2.07. The van der Waals surface area contributed by atoms with Gasteiger partial charge in [0.1, 0.15) is 0 Å². The quantitative estimate of drug-likeness (QED) is 0.892. The van der Waals surface area contributed by atoms with E-state index in [0.29, 0.717) is 16.8 Å². The van der Waals surface area contributed by atoms with Crippen LogP contribution in [0.3, 0.4) is 0 Å². The van der Waals surface area contributed by atoms with Crippen LogP contribution in [-0.2, 0) is 6.54 Å². The molecule has 5 nitrogen and oxygen atoms in total. The van der Waals surface area contributed by atoms with Gasteiger partial charge in [0.05, 0.1) is 23.5 Å². The van der Waals surface area contributed by atoms with Crippen molar-refractivity contribution in [1.82, 2.24) is 9.78 Å². The second-order valence-corrected chi connectivity index (χ2v) is 3.73. The average Bonchev–Trinajstić information content (AvgIpc) is 2.86. The van der Waals surface area contributed by atoms with Gasteiger partial charge in [0, 0.05) is 18.3 Å². The van der Waals surface area contributed by atoms with Gasteiger partial charge in [0.2, 0.25) is 0 Å². The first-order valence-corrected chi connectivity index (χ1v) is 5.57. The molecule has 1 heterocycles. The van der Waals surface area contributed by atoms with E-state index in [2.05, 4.69) is 10.4 Å². The summed E-state index contributed by atoms with van der Waals surface area (Å²) in [6.45, 7) is 2.72. The Morgan fingerprint density at radius 3 is 3.06 bits per heavy atom. The Morgan fingerprint density at radius 2 is 2.39 bits per heavy atom. The smallest absolute Gasteiger partial charge is 0.255 e. The molecule has 0 radical (unpaired) electrons. The molecule has 5 heteroatoms. The normalized spacial score (nSPS) is 9.78. The molecule has 0 fully saturated rings. The standard InChI is InChI=1S/C13H12N4O/c1-2-17-9-12(8-15-17)16-13(18)11-5-3-4-10(6-11)7-14/h3-6,8-9H,2H2,1H3,(H,16,18). The second kappa shape index (κ2) is 5.15. The highest BCUT2D eigenvalue weighted by Crippen LogP contribution is 2.09. The van der Waals surface area contributed by atoms with Gasteiger partial charge in [0.15, 0.2) is 0 Å². The number of aryl methyl sites for hydroxylation is 1. The van der Waals surface area contributed by atoms with Crippen LogP contribution in [0.25, 0.3) is 0 Å². The summed E-state index contributed by atoms with van der Waals surface area (Å²) in [6.07, 6.45) is 3.35. The van der Waals surface area contributed by atoms with E-state index in [-0.39, 0.29) is 5.91 Å². The molecule has 0 aliphatic heterocycles. The van der Waals surface area contributed by atoms with E-state index < -0.39 is 0 Å². The summed E-state index contributed by atoms with van der Waals surface area (Å²) in [5.74, 6) is -0.247. The lowest BCUT2D eigenvalue weighted by atomic mass is 10.1. The molecule has 90 valence electrons. The summed E-state index contributed by atoms with van der Waals surface area (Å²) < 4.78 is 1.72. The van der Waals surface area contributed by atoms with Crippen molar-refractivity contribution in [3.8, 4) is 6.07 Å². The number of hydrogen-bond acceptors (Lipinski definition) is 3. The van der Waals surface area contributed by atoms with Crippen LogP contribution in [-0.4, -0.2) is 15.7 Å². The molecule has 0 bridgehead atoms. The largest absolute Gasteiger partial charge is 0.319 e. The first-order valence-electron chi connectivity index (χ1n) is 5.57. The Balaban J connectivity index is 2.14. The molecular formula is C13H12N4O. The van der Waals surface area contributed by atoms with Gasteiger partial charge in [-0.1, -0.05) is 6.07 Å². The molecule has 1 N–H and O–H groups in total. The van der Waals surface area contributed by atoms with Gasteiger partial charge in [-0.3, -0.25) is 9.48 Å². The van der Waals surface area contributed by atoms with E-state index in [1.807, 2.05) is 13.0 Å². The number of rotatable bonds is 3. The molecule has 0 saturated heterocycles. The van der Waals surface area contributed by atoms with Crippen LogP contribution < -0.4 is 5.32 Å². The van der Waals surface area contributed by atoms with E-state index in [9.17, 15) is 4.79 Å². The van der Waals surface area contributed by atoms with Crippen LogP contribution in [0.5, 0.6) is 0 Å². The van der Waals surface area contributed by atoms with Crippen molar-refractivity contribution < 1.29 is 4.79 Å². The third kappa shape index (κ3) is 2.55. The number of benzene rings is 1. The molecule has 2 rings (SSSR count). The Labute approximate surface area is 105 Å². The molecule has 0 atom stereocenters. The number of amides is 1. The van der Waals surface area contributed by atoms with E-state index >= 15 is 0 Å². The minimum Gasteiger partial charge on any atom is -0.319 e. The maximum Gasteiger partial charge on any atom is 0.255 e. The number of carbonyl (C=O) groups is 1. The third-order valence-corrected chi connectivity index (χ3v) is 2.47. The number of nitrogens with zero attached hydrogens (tertiary/aromatic N) is 3. The van der Waals surface area contributed by atoms with E-state index in [1.165, 1.54) is 0 Å². The van der Waals surface area contributed by atoms with Gasteiger partial charge < -0.3 is 5.32 Å².